The van der Waals surface area contributed by atoms with Gasteiger partial charge in [0, 0.05) is 23.7 Å². The first kappa shape index (κ1) is 30.2. The van der Waals surface area contributed by atoms with Gasteiger partial charge in [-0.05, 0) is 36.8 Å². The molecule has 2 aromatic carbocycles. The lowest BCUT2D eigenvalue weighted by molar-refractivity contribution is -0.689. The molecule has 4 nitrogen and oxygen atoms in total. The van der Waals surface area contributed by atoms with Crippen molar-refractivity contribution in [3.8, 4) is 5.75 Å². The quantitative estimate of drug-likeness (QED) is 0.125. The summed E-state index contributed by atoms with van der Waals surface area (Å²) in [5.41, 5.74) is 5.77. The van der Waals surface area contributed by atoms with Gasteiger partial charge in [0.15, 0.2) is 12.2 Å². The summed E-state index contributed by atoms with van der Waals surface area (Å²) in [5, 5.41) is 5.67. The molecule has 1 aromatic heterocycles. The molecule has 0 aliphatic heterocycles. The Labute approximate surface area is 238 Å². The molecule has 0 aliphatic carbocycles. The summed E-state index contributed by atoms with van der Waals surface area (Å²) in [6.45, 7) is 5.76. The fraction of sp³-hybridized carbons (Fsp3) is 0.500. The van der Waals surface area contributed by atoms with Gasteiger partial charge in [0.05, 0.1) is 17.0 Å². The summed E-state index contributed by atoms with van der Waals surface area (Å²) in [4.78, 5) is 12.9. The molecule has 3 aromatic rings. The molecule has 38 heavy (non-hydrogen) atoms. The fourth-order valence-corrected chi connectivity index (χ4v) is 5.50. The molecule has 0 saturated carbocycles. The van der Waals surface area contributed by atoms with Crippen LogP contribution >= 0.6 is 22.9 Å². The second kappa shape index (κ2) is 17.3. The molecule has 0 spiro atoms. The lowest BCUT2D eigenvalue weighted by Crippen LogP contribution is -2.34. The molecule has 0 fully saturated rings. The number of benzene rings is 2. The largest absolute Gasteiger partial charge is 0.492 e. The number of nitrogens with zero attached hydrogens (tertiary/aromatic N) is 1. The van der Waals surface area contributed by atoms with Crippen LogP contribution in [0.4, 0.5) is 5.69 Å². The Morgan fingerprint density at radius 2 is 1.61 bits per heavy atom. The number of anilines is 1. The number of ether oxygens (including phenoxy) is 1. The Bertz CT molecular complexity index is 1110. The zero-order chi connectivity index (χ0) is 27.0. The minimum absolute atomic E-state index is 0.173. The minimum atomic E-state index is -0.173. The third-order valence-corrected chi connectivity index (χ3v) is 8.03. The maximum Gasteiger partial charge on any atom is 0.255 e. The van der Waals surface area contributed by atoms with Crippen molar-refractivity contribution in [3.05, 3.63) is 75.2 Å². The molecular formula is C32H44ClN2O2S+. The molecule has 0 radical (unpaired) electrons. The predicted molar refractivity (Wildman–Crippen MR) is 161 cm³/mol. The molecule has 0 aliphatic rings. The number of rotatable bonds is 18. The number of thiazole rings is 1. The van der Waals surface area contributed by atoms with E-state index >= 15 is 0 Å². The molecule has 0 atom stereocenters. The highest BCUT2D eigenvalue weighted by Crippen LogP contribution is 2.26. The van der Waals surface area contributed by atoms with Gasteiger partial charge in [-0.2, -0.15) is 4.57 Å². The Hall–Kier alpha value is -2.37. The van der Waals surface area contributed by atoms with Crippen LogP contribution in [0.2, 0.25) is 5.02 Å². The van der Waals surface area contributed by atoms with Crippen molar-refractivity contribution in [2.75, 3.05) is 11.9 Å². The zero-order valence-electron chi connectivity index (χ0n) is 23.1. The van der Waals surface area contributed by atoms with E-state index in [4.69, 9.17) is 16.3 Å². The highest BCUT2D eigenvalue weighted by atomic mass is 35.5. The van der Waals surface area contributed by atoms with Gasteiger partial charge in [0.25, 0.3) is 5.91 Å². The summed E-state index contributed by atoms with van der Waals surface area (Å²) >= 11 is 8.04. The van der Waals surface area contributed by atoms with Crippen molar-refractivity contribution < 1.29 is 14.1 Å². The van der Waals surface area contributed by atoms with Gasteiger partial charge in [-0.25, -0.2) is 0 Å². The molecule has 0 saturated heterocycles. The van der Waals surface area contributed by atoms with Crippen LogP contribution in [0.1, 0.15) is 106 Å². The molecule has 6 heteroatoms. The van der Waals surface area contributed by atoms with Crippen molar-refractivity contribution >= 4 is 34.5 Å². The molecule has 0 unspecified atom stereocenters. The number of hydrogen-bond donors (Lipinski definition) is 1. The predicted octanol–water partition coefficient (Wildman–Crippen LogP) is 9.38. The Morgan fingerprint density at radius 3 is 2.26 bits per heavy atom. The molecular weight excluding hydrogens is 512 g/mol. The van der Waals surface area contributed by atoms with Gasteiger partial charge < -0.3 is 10.1 Å². The molecule has 206 valence electrons. The van der Waals surface area contributed by atoms with Gasteiger partial charge in [-0.15, -0.1) is 0 Å². The van der Waals surface area contributed by atoms with Crippen LogP contribution in [0, 0.1) is 6.92 Å². The number of hydrogen-bond acceptors (Lipinski definition) is 3. The number of aromatic nitrogens is 1. The van der Waals surface area contributed by atoms with E-state index in [1.165, 1.54) is 69.9 Å². The maximum atomic E-state index is 12.9. The van der Waals surface area contributed by atoms with E-state index < -0.39 is 0 Å². The third kappa shape index (κ3) is 10.8. The summed E-state index contributed by atoms with van der Waals surface area (Å²) in [6, 6.07) is 13.2. The second-order valence-electron chi connectivity index (χ2n) is 10.2. The lowest BCUT2D eigenvalue weighted by atomic mass is 10.1. The number of nitrogens with one attached hydrogen (secondary N) is 1. The normalized spacial score (nSPS) is 11.0. The SMILES string of the molecule is CCCCCCCCCCCCCCOc1cc(C(=O)Nc2cccc(C[n+]3cscc3C)c2)ccc1Cl. The van der Waals surface area contributed by atoms with Gasteiger partial charge >= 0.3 is 0 Å². The van der Waals surface area contributed by atoms with E-state index in [0.717, 1.165) is 30.6 Å². The van der Waals surface area contributed by atoms with Crippen LogP contribution in [0.3, 0.4) is 0 Å². The van der Waals surface area contributed by atoms with Crippen LogP contribution < -0.4 is 14.6 Å². The molecule has 1 amide bonds. The highest BCUT2D eigenvalue weighted by Gasteiger charge is 2.12. The van der Waals surface area contributed by atoms with Gasteiger partial charge in [0.1, 0.15) is 5.75 Å². The Balaban J connectivity index is 1.37. The number of carbonyl (C=O) groups excluding carboxylic acids is 1. The number of amides is 1. The van der Waals surface area contributed by atoms with E-state index in [9.17, 15) is 4.79 Å². The van der Waals surface area contributed by atoms with E-state index in [-0.39, 0.29) is 5.91 Å². The second-order valence-corrected chi connectivity index (χ2v) is 11.3. The van der Waals surface area contributed by atoms with Crippen molar-refractivity contribution in [1.82, 2.24) is 0 Å². The highest BCUT2D eigenvalue weighted by molar-refractivity contribution is 7.07. The van der Waals surface area contributed by atoms with Gasteiger partial charge in [0.2, 0.25) is 5.51 Å². The molecule has 1 heterocycles. The first-order valence-corrected chi connectivity index (χ1v) is 15.6. The van der Waals surface area contributed by atoms with Crippen LogP contribution in [0.25, 0.3) is 0 Å². The standard InChI is InChI=1S/C32H43ClN2O2S/c1-3-4-5-6-7-8-9-10-11-12-13-14-20-37-31-22-28(18-19-30(31)33)32(36)34-29-17-15-16-27(21-29)23-35-25-38-24-26(35)2/h15-19,21-22,24-25H,3-14,20,23H2,1-2H3/p+1. The number of carbonyl (C=O) groups is 1. The van der Waals surface area contributed by atoms with Gasteiger partial charge in [-0.3, -0.25) is 4.79 Å². The monoisotopic (exact) mass is 555 g/mol. The fourth-order valence-electron chi connectivity index (χ4n) is 4.54. The number of halogens is 1. The summed E-state index contributed by atoms with van der Waals surface area (Å²) in [6.07, 6.45) is 15.7. The Morgan fingerprint density at radius 1 is 0.921 bits per heavy atom. The van der Waals surface area contributed by atoms with Crippen molar-refractivity contribution in [1.29, 1.82) is 0 Å². The average Bonchev–Trinajstić information content (AvgIpc) is 3.31. The summed E-state index contributed by atoms with van der Waals surface area (Å²) < 4.78 is 8.14. The van der Waals surface area contributed by atoms with Crippen LogP contribution in [-0.4, -0.2) is 12.5 Å². The first-order valence-electron chi connectivity index (χ1n) is 14.3. The zero-order valence-corrected chi connectivity index (χ0v) is 24.7. The summed E-state index contributed by atoms with van der Waals surface area (Å²) in [5.74, 6) is 0.397. The van der Waals surface area contributed by atoms with Crippen LogP contribution in [0.15, 0.2) is 53.4 Å². The Kier molecular flexibility index (Phi) is 13.7. The van der Waals surface area contributed by atoms with Crippen LogP contribution in [0.5, 0.6) is 5.75 Å². The van der Waals surface area contributed by atoms with Crippen molar-refractivity contribution in [3.63, 3.8) is 0 Å². The number of unbranched alkanes of at least 4 members (excludes halogenated alkanes) is 11. The lowest BCUT2D eigenvalue weighted by Gasteiger charge is -2.11. The first-order chi connectivity index (χ1) is 18.6. The number of aryl methyl sites for hydroxylation is 1. The minimum Gasteiger partial charge on any atom is -0.492 e. The molecule has 1 N–H and O–H groups in total. The van der Waals surface area contributed by atoms with Crippen molar-refractivity contribution in [2.45, 2.75) is 97.4 Å². The van der Waals surface area contributed by atoms with E-state index in [1.807, 2.05) is 18.2 Å². The summed E-state index contributed by atoms with van der Waals surface area (Å²) in [7, 11) is 0. The average molecular weight is 556 g/mol. The maximum absolute atomic E-state index is 12.9. The smallest absolute Gasteiger partial charge is 0.255 e. The van der Waals surface area contributed by atoms with Crippen molar-refractivity contribution in [2.24, 2.45) is 0 Å². The van der Waals surface area contributed by atoms with Gasteiger partial charge in [-0.1, -0.05) is 113 Å². The molecule has 3 rings (SSSR count). The van der Waals surface area contributed by atoms with E-state index in [2.05, 4.69) is 40.7 Å². The van der Waals surface area contributed by atoms with Crippen LogP contribution in [-0.2, 0) is 6.54 Å². The van der Waals surface area contributed by atoms with E-state index in [1.54, 1.807) is 29.5 Å². The van der Waals surface area contributed by atoms with E-state index in [0.29, 0.717) is 22.9 Å². The molecule has 0 bridgehead atoms. The third-order valence-electron chi connectivity index (χ3n) is 6.87. The topological polar surface area (TPSA) is 42.2 Å².